The molecule has 3 aromatic rings. The number of amides is 2. The number of nitrogens with one attached hydrogen (secondary N) is 1. The van der Waals surface area contributed by atoms with Gasteiger partial charge >= 0.3 is 0 Å². The van der Waals surface area contributed by atoms with Crippen molar-refractivity contribution in [3.05, 3.63) is 60.0 Å². The van der Waals surface area contributed by atoms with Crippen LogP contribution in [0.25, 0.3) is 10.9 Å². The number of ketones is 1. The largest absolute Gasteiger partial charge is 0.348 e. The van der Waals surface area contributed by atoms with Gasteiger partial charge in [-0.3, -0.25) is 24.0 Å². The maximum Gasteiger partial charge on any atom is 0.245 e. The minimum Gasteiger partial charge on any atom is -0.348 e. The number of fused-ring (bicyclic) bond motifs is 2. The zero-order valence-electron chi connectivity index (χ0n) is 18.6. The van der Waals surface area contributed by atoms with Gasteiger partial charge in [-0.15, -0.1) is 0 Å². The molecule has 9 heteroatoms. The van der Waals surface area contributed by atoms with Crippen LogP contribution in [0.2, 0.25) is 0 Å². The van der Waals surface area contributed by atoms with Crippen LogP contribution in [0.4, 0.5) is 4.39 Å². The zero-order chi connectivity index (χ0) is 23.6. The zero-order valence-corrected chi connectivity index (χ0v) is 18.6. The van der Waals surface area contributed by atoms with Gasteiger partial charge in [0.2, 0.25) is 11.8 Å². The van der Waals surface area contributed by atoms with Crippen molar-refractivity contribution in [2.24, 2.45) is 5.92 Å². The molecule has 2 aliphatic carbocycles. The fraction of sp³-hybridized carbons (Fsp3) is 0.400. The van der Waals surface area contributed by atoms with Crippen LogP contribution in [0.5, 0.6) is 0 Å². The second kappa shape index (κ2) is 7.44. The van der Waals surface area contributed by atoms with E-state index in [0.717, 1.165) is 6.42 Å². The number of rotatable bonds is 6. The molecule has 5 atom stereocenters. The Morgan fingerprint density at radius 3 is 2.74 bits per heavy atom. The summed E-state index contributed by atoms with van der Waals surface area (Å²) < 4.78 is 16.7. The van der Waals surface area contributed by atoms with Gasteiger partial charge in [0.1, 0.15) is 18.3 Å². The molecule has 6 rings (SSSR count). The molecule has 1 aromatic carbocycles. The van der Waals surface area contributed by atoms with Gasteiger partial charge in [0.15, 0.2) is 11.5 Å². The molecule has 0 spiro atoms. The Hall–Kier alpha value is -3.62. The van der Waals surface area contributed by atoms with Crippen molar-refractivity contribution >= 4 is 28.5 Å². The predicted molar refractivity (Wildman–Crippen MR) is 120 cm³/mol. The van der Waals surface area contributed by atoms with Crippen molar-refractivity contribution in [2.45, 2.75) is 56.5 Å². The third kappa shape index (κ3) is 3.29. The van der Waals surface area contributed by atoms with Crippen molar-refractivity contribution in [3.8, 4) is 0 Å². The van der Waals surface area contributed by atoms with E-state index in [1.165, 1.54) is 11.6 Å². The first-order chi connectivity index (χ1) is 16.4. The number of benzene rings is 1. The van der Waals surface area contributed by atoms with E-state index >= 15 is 4.39 Å². The van der Waals surface area contributed by atoms with Crippen LogP contribution in [0.1, 0.15) is 42.2 Å². The van der Waals surface area contributed by atoms with E-state index in [9.17, 15) is 14.4 Å². The lowest BCUT2D eigenvalue weighted by Crippen LogP contribution is -2.50. The van der Waals surface area contributed by atoms with Crippen molar-refractivity contribution in [2.75, 3.05) is 0 Å². The van der Waals surface area contributed by atoms with Gasteiger partial charge in [-0.2, -0.15) is 5.10 Å². The summed E-state index contributed by atoms with van der Waals surface area (Å²) in [6, 6.07) is 9.37. The van der Waals surface area contributed by atoms with Crippen LogP contribution in [0.3, 0.4) is 0 Å². The lowest BCUT2D eigenvalue weighted by Gasteiger charge is -2.27. The molecule has 174 valence electrons. The Morgan fingerprint density at radius 2 is 1.97 bits per heavy atom. The summed E-state index contributed by atoms with van der Waals surface area (Å²) in [4.78, 5) is 44.2. The van der Waals surface area contributed by atoms with Crippen molar-refractivity contribution < 1.29 is 18.8 Å². The van der Waals surface area contributed by atoms with Gasteiger partial charge in [-0.1, -0.05) is 30.3 Å². The second-order valence-corrected chi connectivity index (χ2v) is 9.56. The predicted octanol–water partition coefficient (Wildman–Crippen LogP) is 2.38. The summed E-state index contributed by atoms with van der Waals surface area (Å²) in [5.74, 6) is -0.441. The van der Waals surface area contributed by atoms with Crippen LogP contribution in [-0.4, -0.2) is 55.4 Å². The number of nitrogens with zero attached hydrogens (tertiary/aromatic N) is 4. The van der Waals surface area contributed by atoms with Gasteiger partial charge in [-0.25, -0.2) is 4.39 Å². The molecule has 3 aliphatic rings. The number of pyridine rings is 1. The van der Waals surface area contributed by atoms with Crippen molar-refractivity contribution in [1.29, 1.82) is 0 Å². The Morgan fingerprint density at radius 1 is 1.18 bits per heavy atom. The van der Waals surface area contributed by atoms with Crippen LogP contribution < -0.4 is 5.32 Å². The number of aromatic nitrogens is 3. The molecule has 3 heterocycles. The van der Waals surface area contributed by atoms with E-state index in [4.69, 9.17) is 0 Å². The highest BCUT2D eigenvalue weighted by Gasteiger charge is 2.60. The molecule has 1 aliphatic heterocycles. The number of alkyl halides is 1. The number of hydrogen-bond donors (Lipinski definition) is 1. The van der Waals surface area contributed by atoms with E-state index in [2.05, 4.69) is 15.4 Å². The van der Waals surface area contributed by atoms with Crippen LogP contribution >= 0.6 is 0 Å². The fourth-order valence-electron chi connectivity index (χ4n) is 5.37. The molecule has 8 nitrogen and oxygen atoms in total. The minimum atomic E-state index is -1.56. The average molecular weight is 461 g/mol. The summed E-state index contributed by atoms with van der Waals surface area (Å²) in [5.41, 5.74) is -0.115. The maximum atomic E-state index is 15.2. The molecular weight excluding hydrogens is 437 g/mol. The number of hydrogen-bond acceptors (Lipinski definition) is 5. The molecular formula is C25H24FN5O3. The monoisotopic (exact) mass is 461 g/mol. The fourth-order valence-corrected chi connectivity index (χ4v) is 5.37. The van der Waals surface area contributed by atoms with E-state index in [1.54, 1.807) is 47.6 Å². The van der Waals surface area contributed by atoms with E-state index in [1.807, 2.05) is 6.07 Å². The van der Waals surface area contributed by atoms with Crippen LogP contribution in [0, 0.1) is 5.92 Å². The smallest absolute Gasteiger partial charge is 0.245 e. The molecule has 2 amide bonds. The molecule has 1 N–H and O–H groups in total. The molecule has 1 saturated heterocycles. The molecule has 3 fully saturated rings. The first-order valence-electron chi connectivity index (χ1n) is 11.5. The summed E-state index contributed by atoms with van der Waals surface area (Å²) in [6.07, 6.45) is 4.84. The maximum absolute atomic E-state index is 15.2. The van der Waals surface area contributed by atoms with E-state index < -0.39 is 17.8 Å². The molecule has 2 aromatic heterocycles. The number of piperidine rings is 1. The second-order valence-electron chi connectivity index (χ2n) is 9.56. The van der Waals surface area contributed by atoms with Crippen LogP contribution in [0.15, 0.2) is 48.8 Å². The van der Waals surface area contributed by atoms with Crippen molar-refractivity contribution in [3.63, 3.8) is 0 Å². The standard InChI is InChI=1S/C25H24FN5O3/c1-14(32)23-17-7-8-27-12-20(17)30(29-23)13-22(33)31-18-9-15(18)10-19(31)24(34)28-21-11-25(21,26)16-5-3-2-4-6-16/h2-8,12,15,18-19,21H,9-11,13H2,1H3,(H,28,34)/t15-,18-,19+,21-,25-/m1/s1. The molecule has 0 radical (unpaired) electrons. The Bertz CT molecular complexity index is 1320. The molecule has 0 bridgehead atoms. The summed E-state index contributed by atoms with van der Waals surface area (Å²) in [5, 5.41) is 7.83. The first kappa shape index (κ1) is 20.9. The number of Topliss-reactive ketones (excluding diaryl/α,β-unsaturated/α-hetero) is 1. The minimum absolute atomic E-state index is 0.0268. The third-order valence-corrected chi connectivity index (χ3v) is 7.33. The van der Waals surface area contributed by atoms with Gasteiger partial charge in [0.25, 0.3) is 0 Å². The molecule has 34 heavy (non-hydrogen) atoms. The highest BCUT2D eigenvalue weighted by atomic mass is 19.1. The highest BCUT2D eigenvalue weighted by Crippen LogP contribution is 2.51. The third-order valence-electron chi connectivity index (χ3n) is 7.33. The number of halogens is 1. The summed E-state index contributed by atoms with van der Waals surface area (Å²) in [6.45, 7) is 1.34. The SMILES string of the molecule is CC(=O)c1nn(CC(=O)N2[C@@H]3C[C@@H]3C[C@H]2C(=O)N[C@@H]2C[C@@]2(F)c2ccccc2)c2cnccc12. The molecule has 0 unspecified atom stereocenters. The van der Waals surface area contributed by atoms with Gasteiger partial charge < -0.3 is 10.2 Å². The lowest BCUT2D eigenvalue weighted by atomic mass is 10.1. The van der Waals surface area contributed by atoms with Crippen molar-refractivity contribution in [1.82, 2.24) is 25.0 Å². The van der Waals surface area contributed by atoms with Gasteiger partial charge in [0, 0.05) is 31.0 Å². The quantitative estimate of drug-likeness (QED) is 0.569. The van der Waals surface area contributed by atoms with Crippen LogP contribution in [-0.2, 0) is 21.8 Å². The topological polar surface area (TPSA) is 97.2 Å². The lowest BCUT2D eigenvalue weighted by molar-refractivity contribution is -0.140. The van der Waals surface area contributed by atoms with Gasteiger partial charge in [-0.05, 0) is 30.4 Å². The van der Waals surface area contributed by atoms with E-state index in [-0.39, 0.29) is 36.6 Å². The molecule has 2 saturated carbocycles. The summed E-state index contributed by atoms with van der Waals surface area (Å²) in [7, 11) is 0. The number of carbonyl (C=O) groups excluding carboxylic acids is 3. The number of carbonyl (C=O) groups is 3. The Balaban J connectivity index is 1.19. The van der Waals surface area contributed by atoms with Gasteiger partial charge in [0.05, 0.1) is 17.8 Å². The summed E-state index contributed by atoms with van der Waals surface area (Å²) >= 11 is 0. The number of likely N-dealkylation sites (tertiary alicyclic amines) is 1. The first-order valence-corrected chi connectivity index (χ1v) is 11.5. The average Bonchev–Trinajstić information content (AvgIpc) is 3.65. The highest BCUT2D eigenvalue weighted by molar-refractivity contribution is 6.04. The van der Waals surface area contributed by atoms with E-state index in [0.29, 0.717) is 34.5 Å². The Kier molecular flexibility index (Phi) is 4.59. The normalized spacial score (nSPS) is 29.1. The Labute approximate surface area is 195 Å².